The zero-order valence-electron chi connectivity index (χ0n) is 9.79. The molecule has 0 unspecified atom stereocenters. The molecule has 0 saturated heterocycles. The highest BCUT2D eigenvalue weighted by Gasteiger charge is 2.07. The van der Waals surface area contributed by atoms with E-state index in [-0.39, 0.29) is 0 Å². The van der Waals surface area contributed by atoms with E-state index >= 15 is 0 Å². The topological polar surface area (TPSA) is 25.2 Å². The van der Waals surface area contributed by atoms with Crippen molar-refractivity contribution >= 4 is 23.4 Å². The number of aryl methyl sites for hydroxylation is 1. The lowest BCUT2D eigenvalue weighted by Gasteiger charge is -2.06. The molecule has 4 heteroatoms. The van der Waals surface area contributed by atoms with Gasteiger partial charge in [0.25, 0.3) is 0 Å². The summed E-state index contributed by atoms with van der Waals surface area (Å²) < 4.78 is 5.26. The van der Waals surface area contributed by atoms with Crippen molar-refractivity contribution in [3.8, 4) is 0 Å². The molecule has 0 spiro atoms. The van der Waals surface area contributed by atoms with Gasteiger partial charge in [-0.25, -0.2) is 0 Å². The lowest BCUT2D eigenvalue weighted by Crippen LogP contribution is -2.04. The average Bonchev–Trinajstić information content (AvgIpc) is 2.69. The van der Waals surface area contributed by atoms with Gasteiger partial charge in [-0.15, -0.1) is 0 Å². The van der Waals surface area contributed by atoms with Crippen LogP contribution in [0.5, 0.6) is 0 Å². The zero-order valence-corrected chi connectivity index (χ0v) is 11.4. The standard InChI is InChI=1S/C13H14ClNOS/c1-9-12(5-6-16-9)17-13-4-3-10(8-15-2)7-11(13)14/h3-7,15H,8H2,1-2H3. The Morgan fingerprint density at radius 1 is 1.29 bits per heavy atom. The Morgan fingerprint density at radius 3 is 2.71 bits per heavy atom. The van der Waals surface area contributed by atoms with Crippen LogP contribution in [0.1, 0.15) is 11.3 Å². The van der Waals surface area contributed by atoms with Crippen LogP contribution in [0, 0.1) is 6.92 Å². The van der Waals surface area contributed by atoms with E-state index in [0.717, 1.165) is 27.1 Å². The second-order valence-corrected chi connectivity index (χ2v) is 5.23. The van der Waals surface area contributed by atoms with Crippen LogP contribution in [0.3, 0.4) is 0 Å². The van der Waals surface area contributed by atoms with Gasteiger partial charge in [-0.2, -0.15) is 0 Å². The number of hydrogen-bond donors (Lipinski definition) is 1. The second kappa shape index (κ2) is 5.63. The van der Waals surface area contributed by atoms with Gasteiger partial charge in [0.05, 0.1) is 16.2 Å². The summed E-state index contributed by atoms with van der Waals surface area (Å²) in [6, 6.07) is 8.08. The van der Waals surface area contributed by atoms with Gasteiger partial charge in [-0.1, -0.05) is 29.4 Å². The molecule has 0 aliphatic carbocycles. The number of nitrogens with one attached hydrogen (secondary N) is 1. The van der Waals surface area contributed by atoms with E-state index in [1.165, 1.54) is 5.56 Å². The van der Waals surface area contributed by atoms with Crippen molar-refractivity contribution < 1.29 is 4.42 Å². The van der Waals surface area contributed by atoms with Gasteiger partial charge in [0.2, 0.25) is 0 Å². The molecular weight excluding hydrogens is 254 g/mol. The minimum Gasteiger partial charge on any atom is -0.468 e. The number of benzene rings is 1. The molecule has 0 bridgehead atoms. The lowest BCUT2D eigenvalue weighted by atomic mass is 10.2. The zero-order chi connectivity index (χ0) is 12.3. The fourth-order valence-corrected chi connectivity index (χ4v) is 2.70. The molecule has 0 atom stereocenters. The van der Waals surface area contributed by atoms with Gasteiger partial charge in [-0.3, -0.25) is 0 Å². The molecule has 0 aliphatic rings. The smallest absolute Gasteiger partial charge is 0.114 e. The highest BCUT2D eigenvalue weighted by atomic mass is 35.5. The molecule has 90 valence electrons. The first-order chi connectivity index (χ1) is 8.20. The third kappa shape index (κ3) is 3.06. The van der Waals surface area contributed by atoms with Crippen molar-refractivity contribution in [2.24, 2.45) is 0 Å². The van der Waals surface area contributed by atoms with E-state index in [1.807, 2.05) is 32.2 Å². The first-order valence-corrected chi connectivity index (χ1v) is 6.55. The van der Waals surface area contributed by atoms with Crippen molar-refractivity contribution in [2.45, 2.75) is 23.3 Å². The molecule has 2 aromatic rings. The Kier molecular flexibility index (Phi) is 4.15. The maximum atomic E-state index is 6.26. The van der Waals surface area contributed by atoms with Crippen LogP contribution in [-0.2, 0) is 6.54 Å². The maximum Gasteiger partial charge on any atom is 0.114 e. The summed E-state index contributed by atoms with van der Waals surface area (Å²) >= 11 is 7.88. The van der Waals surface area contributed by atoms with Crippen molar-refractivity contribution in [3.05, 3.63) is 46.9 Å². The van der Waals surface area contributed by atoms with Gasteiger partial charge >= 0.3 is 0 Å². The van der Waals surface area contributed by atoms with Crippen LogP contribution < -0.4 is 5.32 Å². The molecular formula is C13H14ClNOS. The number of hydrogen-bond acceptors (Lipinski definition) is 3. The molecule has 0 aliphatic heterocycles. The molecule has 2 rings (SSSR count). The van der Waals surface area contributed by atoms with E-state index in [9.17, 15) is 0 Å². The van der Waals surface area contributed by atoms with Gasteiger partial charge in [0, 0.05) is 11.4 Å². The quantitative estimate of drug-likeness (QED) is 0.902. The normalized spacial score (nSPS) is 10.8. The second-order valence-electron chi connectivity index (χ2n) is 3.74. The SMILES string of the molecule is CNCc1ccc(Sc2ccoc2C)c(Cl)c1. The summed E-state index contributed by atoms with van der Waals surface area (Å²) in [5.41, 5.74) is 1.19. The summed E-state index contributed by atoms with van der Waals surface area (Å²) in [6.07, 6.45) is 1.70. The summed E-state index contributed by atoms with van der Waals surface area (Å²) in [7, 11) is 1.92. The molecule has 0 fully saturated rings. The molecule has 17 heavy (non-hydrogen) atoms. The van der Waals surface area contributed by atoms with Gasteiger partial charge < -0.3 is 9.73 Å². The van der Waals surface area contributed by atoms with Crippen LogP contribution in [0.4, 0.5) is 0 Å². The fraction of sp³-hybridized carbons (Fsp3) is 0.231. The lowest BCUT2D eigenvalue weighted by molar-refractivity contribution is 0.527. The van der Waals surface area contributed by atoms with E-state index in [0.29, 0.717) is 0 Å². The average molecular weight is 268 g/mol. The molecule has 1 aromatic carbocycles. The predicted molar refractivity (Wildman–Crippen MR) is 71.8 cm³/mol. The third-order valence-electron chi connectivity index (χ3n) is 2.41. The predicted octanol–water partition coefficient (Wildman–Crippen LogP) is 4.11. The van der Waals surface area contributed by atoms with Crippen molar-refractivity contribution in [3.63, 3.8) is 0 Å². The number of rotatable bonds is 4. The van der Waals surface area contributed by atoms with E-state index in [4.69, 9.17) is 16.0 Å². The van der Waals surface area contributed by atoms with Crippen molar-refractivity contribution in [1.29, 1.82) is 0 Å². The van der Waals surface area contributed by atoms with E-state index < -0.39 is 0 Å². The van der Waals surface area contributed by atoms with Crippen LogP contribution in [0.15, 0.2) is 44.7 Å². The maximum absolute atomic E-state index is 6.26. The highest BCUT2D eigenvalue weighted by molar-refractivity contribution is 7.99. The molecule has 0 radical (unpaired) electrons. The molecule has 0 saturated carbocycles. The van der Waals surface area contributed by atoms with Crippen LogP contribution in [-0.4, -0.2) is 7.05 Å². The Hall–Kier alpha value is -0.900. The first kappa shape index (κ1) is 12.6. The minimum absolute atomic E-state index is 0.781. The highest BCUT2D eigenvalue weighted by Crippen LogP contribution is 2.35. The van der Waals surface area contributed by atoms with Gasteiger partial charge in [0.1, 0.15) is 5.76 Å². The monoisotopic (exact) mass is 267 g/mol. The third-order valence-corrected chi connectivity index (χ3v) is 4.05. The van der Waals surface area contributed by atoms with Crippen LogP contribution in [0.25, 0.3) is 0 Å². The van der Waals surface area contributed by atoms with Crippen LogP contribution >= 0.6 is 23.4 Å². The molecule has 2 nitrogen and oxygen atoms in total. The van der Waals surface area contributed by atoms with Crippen LogP contribution in [0.2, 0.25) is 5.02 Å². The molecule has 1 aromatic heterocycles. The summed E-state index contributed by atoms with van der Waals surface area (Å²) in [4.78, 5) is 2.16. The molecule has 1 heterocycles. The first-order valence-electron chi connectivity index (χ1n) is 5.35. The Bertz CT molecular complexity index is 510. The Balaban J connectivity index is 2.19. The molecule has 0 amide bonds. The van der Waals surface area contributed by atoms with Crippen molar-refractivity contribution in [1.82, 2.24) is 5.32 Å². The van der Waals surface area contributed by atoms with E-state index in [2.05, 4.69) is 11.4 Å². The Labute approximate surface area is 110 Å². The van der Waals surface area contributed by atoms with Crippen molar-refractivity contribution in [2.75, 3.05) is 7.05 Å². The number of furan rings is 1. The van der Waals surface area contributed by atoms with Gasteiger partial charge in [-0.05, 0) is 37.7 Å². The largest absolute Gasteiger partial charge is 0.468 e. The minimum atomic E-state index is 0.781. The summed E-state index contributed by atoms with van der Waals surface area (Å²) in [6.45, 7) is 2.78. The molecule has 1 N–H and O–H groups in total. The Morgan fingerprint density at radius 2 is 2.12 bits per heavy atom. The summed E-state index contributed by atoms with van der Waals surface area (Å²) in [5.74, 6) is 0.922. The number of halogens is 1. The van der Waals surface area contributed by atoms with E-state index in [1.54, 1.807) is 18.0 Å². The van der Waals surface area contributed by atoms with Gasteiger partial charge in [0.15, 0.2) is 0 Å². The summed E-state index contributed by atoms with van der Waals surface area (Å²) in [5, 5.41) is 3.89. The fourth-order valence-electron chi connectivity index (χ4n) is 1.54.